The van der Waals surface area contributed by atoms with Crippen LogP contribution in [0.25, 0.3) is 0 Å². The standard InChI is InChI=1S/C20H23N3O4S/c1-3-21-28(26,27)18-10-6-16(7-11-18)22-20(25)15-12-19(24)23(13-15)17-8-4-14(2)5-9-17/h4-11,15,21H,3,12-13H2,1-2H3,(H,22,25)/t15-/m1/s1. The molecule has 1 heterocycles. The Morgan fingerprint density at radius 2 is 1.75 bits per heavy atom. The van der Waals surface area contributed by atoms with E-state index in [1.807, 2.05) is 31.2 Å². The van der Waals surface area contributed by atoms with Gasteiger partial charge in [0.05, 0.1) is 10.8 Å². The van der Waals surface area contributed by atoms with Gasteiger partial charge in [-0.3, -0.25) is 9.59 Å². The summed E-state index contributed by atoms with van der Waals surface area (Å²) in [4.78, 5) is 26.6. The highest BCUT2D eigenvalue weighted by atomic mass is 32.2. The topological polar surface area (TPSA) is 95.6 Å². The molecular formula is C20H23N3O4S. The Labute approximate surface area is 164 Å². The second kappa shape index (κ2) is 8.12. The molecule has 0 unspecified atom stereocenters. The first-order valence-electron chi connectivity index (χ1n) is 9.08. The van der Waals surface area contributed by atoms with E-state index >= 15 is 0 Å². The zero-order valence-corrected chi connectivity index (χ0v) is 16.6. The highest BCUT2D eigenvalue weighted by Gasteiger charge is 2.35. The third kappa shape index (κ3) is 4.40. The molecule has 1 aliphatic rings. The fraction of sp³-hybridized carbons (Fsp3) is 0.300. The van der Waals surface area contributed by atoms with Gasteiger partial charge in [-0.1, -0.05) is 24.6 Å². The molecule has 2 aromatic rings. The highest BCUT2D eigenvalue weighted by Crippen LogP contribution is 2.26. The summed E-state index contributed by atoms with van der Waals surface area (Å²) in [5.74, 6) is -0.805. The summed E-state index contributed by atoms with van der Waals surface area (Å²) in [6, 6.07) is 13.6. The first-order valence-corrected chi connectivity index (χ1v) is 10.6. The molecule has 0 bridgehead atoms. The van der Waals surface area contributed by atoms with Crippen LogP contribution in [0.2, 0.25) is 0 Å². The summed E-state index contributed by atoms with van der Waals surface area (Å²) >= 11 is 0. The largest absolute Gasteiger partial charge is 0.326 e. The Morgan fingerprint density at radius 3 is 2.36 bits per heavy atom. The number of carbonyl (C=O) groups is 2. The Balaban J connectivity index is 1.65. The van der Waals surface area contributed by atoms with E-state index in [9.17, 15) is 18.0 Å². The van der Waals surface area contributed by atoms with Crippen molar-refractivity contribution in [1.29, 1.82) is 0 Å². The van der Waals surface area contributed by atoms with Crippen LogP contribution < -0.4 is 14.9 Å². The minimum absolute atomic E-state index is 0.0870. The fourth-order valence-corrected chi connectivity index (χ4v) is 4.13. The molecular weight excluding hydrogens is 378 g/mol. The van der Waals surface area contributed by atoms with Crippen LogP contribution in [0.3, 0.4) is 0 Å². The molecule has 0 aromatic heterocycles. The summed E-state index contributed by atoms with van der Waals surface area (Å²) in [5, 5.41) is 2.76. The van der Waals surface area contributed by atoms with Crippen molar-refractivity contribution in [3.8, 4) is 0 Å². The maximum absolute atomic E-state index is 12.6. The van der Waals surface area contributed by atoms with Crippen LogP contribution in [0.4, 0.5) is 11.4 Å². The zero-order chi connectivity index (χ0) is 20.3. The minimum Gasteiger partial charge on any atom is -0.326 e. The van der Waals surface area contributed by atoms with Crippen molar-refractivity contribution < 1.29 is 18.0 Å². The van der Waals surface area contributed by atoms with Gasteiger partial charge in [0.1, 0.15) is 0 Å². The van der Waals surface area contributed by atoms with Crippen LogP contribution in [-0.4, -0.2) is 33.3 Å². The second-order valence-electron chi connectivity index (χ2n) is 6.76. The molecule has 2 amide bonds. The molecule has 3 rings (SSSR count). The van der Waals surface area contributed by atoms with Crippen LogP contribution in [0.5, 0.6) is 0 Å². The summed E-state index contributed by atoms with van der Waals surface area (Å²) in [5.41, 5.74) is 2.37. The van der Waals surface area contributed by atoms with Crippen molar-refractivity contribution in [3.63, 3.8) is 0 Å². The molecule has 1 fully saturated rings. The van der Waals surface area contributed by atoms with Gasteiger partial charge < -0.3 is 10.2 Å². The van der Waals surface area contributed by atoms with Gasteiger partial charge in [0, 0.05) is 30.9 Å². The molecule has 7 nitrogen and oxygen atoms in total. The number of carbonyl (C=O) groups excluding carboxylic acids is 2. The number of rotatable bonds is 6. The Morgan fingerprint density at radius 1 is 1.11 bits per heavy atom. The van der Waals surface area contributed by atoms with E-state index in [1.54, 1.807) is 11.8 Å². The molecule has 1 aliphatic heterocycles. The number of anilines is 2. The summed E-state index contributed by atoms with van der Waals surface area (Å²) < 4.78 is 26.3. The molecule has 1 saturated heterocycles. The lowest BCUT2D eigenvalue weighted by molar-refractivity contribution is -0.122. The van der Waals surface area contributed by atoms with Crippen LogP contribution in [-0.2, 0) is 19.6 Å². The molecule has 0 spiro atoms. The number of sulfonamides is 1. The van der Waals surface area contributed by atoms with Crippen LogP contribution >= 0.6 is 0 Å². The normalized spacial score (nSPS) is 17.0. The number of nitrogens with zero attached hydrogens (tertiary/aromatic N) is 1. The fourth-order valence-electron chi connectivity index (χ4n) is 3.09. The molecule has 2 N–H and O–H groups in total. The van der Waals surface area contributed by atoms with Gasteiger partial charge in [-0.15, -0.1) is 0 Å². The number of aryl methyl sites for hydroxylation is 1. The van der Waals surface area contributed by atoms with E-state index in [2.05, 4.69) is 10.0 Å². The van der Waals surface area contributed by atoms with Gasteiger partial charge in [-0.25, -0.2) is 13.1 Å². The maximum Gasteiger partial charge on any atom is 0.240 e. The van der Waals surface area contributed by atoms with Crippen LogP contribution in [0, 0.1) is 12.8 Å². The molecule has 28 heavy (non-hydrogen) atoms. The summed E-state index contributed by atoms with van der Waals surface area (Å²) in [7, 11) is -3.53. The predicted molar refractivity (Wildman–Crippen MR) is 108 cm³/mol. The van der Waals surface area contributed by atoms with E-state index in [-0.39, 0.29) is 23.1 Å². The van der Waals surface area contributed by atoms with Crippen molar-refractivity contribution in [2.45, 2.75) is 25.2 Å². The van der Waals surface area contributed by atoms with Crippen LogP contribution in [0.1, 0.15) is 18.9 Å². The molecule has 0 radical (unpaired) electrons. The number of nitrogens with one attached hydrogen (secondary N) is 2. The first-order chi connectivity index (χ1) is 13.3. The van der Waals surface area contributed by atoms with Gasteiger partial charge in [0.2, 0.25) is 21.8 Å². The highest BCUT2D eigenvalue weighted by molar-refractivity contribution is 7.89. The first kappa shape index (κ1) is 20.0. The molecule has 2 aromatic carbocycles. The van der Waals surface area contributed by atoms with E-state index in [4.69, 9.17) is 0 Å². The lowest BCUT2D eigenvalue weighted by Crippen LogP contribution is -2.28. The smallest absolute Gasteiger partial charge is 0.240 e. The Hall–Kier alpha value is -2.71. The maximum atomic E-state index is 12.6. The number of amides is 2. The van der Waals surface area contributed by atoms with Gasteiger partial charge in [0.25, 0.3) is 0 Å². The van der Waals surface area contributed by atoms with Crippen molar-refractivity contribution in [2.75, 3.05) is 23.3 Å². The van der Waals surface area contributed by atoms with E-state index < -0.39 is 15.9 Å². The monoisotopic (exact) mass is 401 g/mol. The minimum atomic E-state index is -3.53. The molecule has 148 valence electrons. The third-order valence-corrected chi connectivity index (χ3v) is 6.17. The Bertz CT molecular complexity index is 970. The summed E-state index contributed by atoms with van der Waals surface area (Å²) in [6.07, 6.45) is 0.145. The van der Waals surface area contributed by atoms with Crippen molar-refractivity contribution in [3.05, 3.63) is 54.1 Å². The van der Waals surface area contributed by atoms with Gasteiger partial charge in [-0.05, 0) is 43.3 Å². The third-order valence-electron chi connectivity index (χ3n) is 4.61. The molecule has 0 saturated carbocycles. The van der Waals surface area contributed by atoms with Gasteiger partial charge in [0.15, 0.2) is 0 Å². The average molecular weight is 401 g/mol. The van der Waals surface area contributed by atoms with Crippen molar-refractivity contribution in [2.24, 2.45) is 5.92 Å². The SMILES string of the molecule is CCNS(=O)(=O)c1ccc(NC(=O)[C@@H]2CC(=O)N(c3ccc(C)cc3)C2)cc1. The quantitative estimate of drug-likeness (QED) is 0.776. The van der Waals surface area contributed by atoms with E-state index in [0.717, 1.165) is 11.3 Å². The zero-order valence-electron chi connectivity index (χ0n) is 15.8. The molecule has 1 atom stereocenters. The van der Waals surface area contributed by atoms with Gasteiger partial charge >= 0.3 is 0 Å². The van der Waals surface area contributed by atoms with Crippen molar-refractivity contribution in [1.82, 2.24) is 4.72 Å². The second-order valence-corrected chi connectivity index (χ2v) is 8.52. The van der Waals surface area contributed by atoms with Crippen LogP contribution in [0.15, 0.2) is 53.4 Å². The predicted octanol–water partition coefficient (Wildman–Crippen LogP) is 2.28. The molecule has 0 aliphatic carbocycles. The number of hydrogen-bond donors (Lipinski definition) is 2. The van der Waals surface area contributed by atoms with Crippen molar-refractivity contribution >= 4 is 33.2 Å². The van der Waals surface area contributed by atoms with E-state index in [0.29, 0.717) is 18.8 Å². The Kier molecular flexibility index (Phi) is 5.81. The molecule has 8 heteroatoms. The summed E-state index contributed by atoms with van der Waals surface area (Å²) in [6.45, 7) is 4.30. The number of benzene rings is 2. The van der Waals surface area contributed by atoms with E-state index in [1.165, 1.54) is 24.3 Å². The lowest BCUT2D eigenvalue weighted by atomic mass is 10.1. The lowest BCUT2D eigenvalue weighted by Gasteiger charge is -2.17. The average Bonchev–Trinajstić information content (AvgIpc) is 3.05. The number of hydrogen-bond acceptors (Lipinski definition) is 4. The van der Waals surface area contributed by atoms with Gasteiger partial charge in [-0.2, -0.15) is 0 Å².